The monoisotopic (exact) mass is 386 g/mol. The molecule has 0 aliphatic carbocycles. The molecule has 0 unspecified atom stereocenters. The number of nitrogen functional groups attached to an aromatic ring is 1. The third kappa shape index (κ3) is 5.19. The Bertz CT molecular complexity index is 804. The number of hydrogen-bond acceptors (Lipinski definition) is 6. The molecule has 1 aromatic carbocycles. The number of hydrogen-bond donors (Lipinski definition) is 5. The van der Waals surface area contributed by atoms with Gasteiger partial charge in [0.1, 0.15) is 11.5 Å². The molecule has 0 spiro atoms. The van der Waals surface area contributed by atoms with Crippen LogP contribution in [0.5, 0.6) is 0 Å². The number of carbonyl (C=O) groups excluding carboxylic acids is 1. The Morgan fingerprint density at radius 3 is 2.82 bits per heavy atom. The maximum absolute atomic E-state index is 12.0. The summed E-state index contributed by atoms with van der Waals surface area (Å²) in [5.41, 5.74) is 7.80. The fourth-order valence-corrected chi connectivity index (χ4v) is 3.24. The number of aliphatic hydroxyl groups excluding tert-OH is 1. The number of rotatable bonds is 7. The van der Waals surface area contributed by atoms with Gasteiger partial charge >= 0.3 is 6.03 Å². The van der Waals surface area contributed by atoms with Crippen molar-refractivity contribution in [2.75, 3.05) is 18.8 Å². The Morgan fingerprint density at radius 2 is 2.11 bits per heavy atom. The fourth-order valence-electron chi connectivity index (χ4n) is 3.24. The van der Waals surface area contributed by atoms with Crippen molar-refractivity contribution < 1.29 is 9.90 Å². The number of nitrogens with zero attached hydrogens (tertiary/aromatic N) is 4. The van der Waals surface area contributed by atoms with Crippen LogP contribution in [-0.4, -0.2) is 56.0 Å². The number of aromatic nitrogens is 3. The average Bonchev–Trinajstić information content (AvgIpc) is 3.35. The molecular formula is C18H26N8O2. The highest BCUT2D eigenvalue weighted by Gasteiger charge is 2.27. The molecule has 2 heterocycles. The Kier molecular flexibility index (Phi) is 6.43. The molecule has 1 fully saturated rings. The molecule has 1 aliphatic heterocycles. The topological polar surface area (TPSA) is 145 Å². The third-order valence-corrected chi connectivity index (χ3v) is 4.72. The second-order valence-electron chi connectivity index (χ2n) is 6.80. The Morgan fingerprint density at radius 1 is 1.32 bits per heavy atom. The van der Waals surface area contributed by atoms with Crippen LogP contribution in [0.2, 0.25) is 0 Å². The summed E-state index contributed by atoms with van der Waals surface area (Å²) < 4.78 is 1.69. The standard InChI is InChI=1S/C18H26N8O2/c19-14-5-3-13(4-6-14)8-21-18(28)22-9-17(20)26-7-1-2-16(26)11-25-10-15(12-27)23-24-25/h3-6,10,16,20,27H,1-2,7-9,11-12,19H2,(H2,21,22,28)/t16-/m1/s1. The number of likely N-dealkylation sites (tertiary alicyclic amines) is 1. The first-order chi connectivity index (χ1) is 13.5. The normalized spacial score (nSPS) is 16.2. The van der Waals surface area contributed by atoms with Gasteiger partial charge in [0, 0.05) is 24.8 Å². The Labute approximate surface area is 163 Å². The molecule has 6 N–H and O–H groups in total. The number of aliphatic hydroxyl groups is 1. The summed E-state index contributed by atoms with van der Waals surface area (Å²) in [7, 11) is 0. The highest BCUT2D eigenvalue weighted by molar-refractivity contribution is 5.86. The quantitative estimate of drug-likeness (QED) is 0.263. The fraction of sp³-hybridized carbons (Fsp3) is 0.444. The van der Waals surface area contributed by atoms with Crippen molar-refractivity contribution in [1.29, 1.82) is 5.41 Å². The second kappa shape index (κ2) is 9.18. The molecule has 150 valence electrons. The summed E-state index contributed by atoms with van der Waals surface area (Å²) in [6.45, 7) is 1.78. The van der Waals surface area contributed by atoms with Crippen LogP contribution in [0.1, 0.15) is 24.1 Å². The van der Waals surface area contributed by atoms with E-state index in [1.54, 1.807) is 23.0 Å². The predicted molar refractivity (Wildman–Crippen MR) is 104 cm³/mol. The van der Waals surface area contributed by atoms with Crippen LogP contribution in [0.25, 0.3) is 0 Å². The van der Waals surface area contributed by atoms with Gasteiger partial charge in [-0.25, -0.2) is 4.79 Å². The lowest BCUT2D eigenvalue weighted by Gasteiger charge is -2.27. The molecule has 1 atom stereocenters. The van der Waals surface area contributed by atoms with Gasteiger partial charge in [0.25, 0.3) is 0 Å². The summed E-state index contributed by atoms with van der Waals surface area (Å²) in [6, 6.07) is 7.10. The molecule has 10 nitrogen and oxygen atoms in total. The van der Waals surface area contributed by atoms with Gasteiger partial charge in [0.05, 0.1) is 25.9 Å². The number of anilines is 1. The van der Waals surface area contributed by atoms with Gasteiger partial charge in [-0.15, -0.1) is 5.10 Å². The van der Waals surface area contributed by atoms with Crippen molar-refractivity contribution in [3.8, 4) is 0 Å². The number of carbonyl (C=O) groups is 1. The lowest BCUT2D eigenvalue weighted by Crippen LogP contribution is -2.45. The van der Waals surface area contributed by atoms with Crippen molar-refractivity contribution in [2.24, 2.45) is 0 Å². The highest BCUT2D eigenvalue weighted by atomic mass is 16.3. The minimum absolute atomic E-state index is 0.125. The zero-order valence-corrected chi connectivity index (χ0v) is 15.6. The molecule has 2 amide bonds. The van der Waals surface area contributed by atoms with Gasteiger partial charge in [-0.2, -0.15) is 0 Å². The van der Waals surface area contributed by atoms with Gasteiger partial charge in [0.15, 0.2) is 0 Å². The number of nitrogens with one attached hydrogen (secondary N) is 3. The molecule has 2 aromatic rings. The van der Waals surface area contributed by atoms with Gasteiger partial charge in [-0.05, 0) is 30.5 Å². The van der Waals surface area contributed by atoms with Crippen LogP contribution in [0.3, 0.4) is 0 Å². The Hall–Kier alpha value is -3.14. The zero-order valence-electron chi connectivity index (χ0n) is 15.6. The lowest BCUT2D eigenvalue weighted by molar-refractivity contribution is 0.241. The molecule has 3 rings (SSSR count). The molecule has 0 radical (unpaired) electrons. The number of benzene rings is 1. The summed E-state index contributed by atoms with van der Waals surface area (Å²) >= 11 is 0. The van der Waals surface area contributed by atoms with E-state index >= 15 is 0 Å². The molecule has 10 heteroatoms. The minimum atomic E-state index is -0.318. The number of urea groups is 1. The highest BCUT2D eigenvalue weighted by Crippen LogP contribution is 2.18. The van der Waals surface area contributed by atoms with E-state index in [4.69, 9.17) is 16.2 Å². The first-order valence-electron chi connectivity index (χ1n) is 9.25. The van der Waals surface area contributed by atoms with Crippen molar-refractivity contribution in [3.05, 3.63) is 41.7 Å². The van der Waals surface area contributed by atoms with Crippen LogP contribution in [0.4, 0.5) is 10.5 Å². The van der Waals surface area contributed by atoms with E-state index < -0.39 is 0 Å². The van der Waals surface area contributed by atoms with Crippen LogP contribution in [-0.2, 0) is 19.7 Å². The second-order valence-corrected chi connectivity index (χ2v) is 6.80. The molecule has 1 aromatic heterocycles. The SMILES string of the molecule is N=C(CNC(=O)NCc1ccc(N)cc1)N1CCC[C@@H]1Cn1cc(CO)nn1. The molecular weight excluding hydrogens is 360 g/mol. The van der Waals surface area contributed by atoms with Crippen molar-refractivity contribution >= 4 is 17.6 Å². The average molecular weight is 386 g/mol. The zero-order chi connectivity index (χ0) is 19.9. The van der Waals surface area contributed by atoms with Crippen LogP contribution in [0.15, 0.2) is 30.5 Å². The van der Waals surface area contributed by atoms with Crippen LogP contribution in [0, 0.1) is 5.41 Å². The third-order valence-electron chi connectivity index (χ3n) is 4.72. The molecule has 28 heavy (non-hydrogen) atoms. The van der Waals surface area contributed by atoms with E-state index in [0.29, 0.717) is 30.3 Å². The summed E-state index contributed by atoms with van der Waals surface area (Å²) in [4.78, 5) is 14.0. The summed E-state index contributed by atoms with van der Waals surface area (Å²) in [5.74, 6) is 0.368. The minimum Gasteiger partial charge on any atom is -0.399 e. The van der Waals surface area contributed by atoms with Gasteiger partial charge in [-0.3, -0.25) is 10.1 Å². The van der Waals surface area contributed by atoms with Crippen molar-refractivity contribution in [2.45, 2.75) is 38.6 Å². The molecule has 0 saturated carbocycles. The first-order valence-corrected chi connectivity index (χ1v) is 9.25. The van der Waals surface area contributed by atoms with E-state index in [1.807, 2.05) is 17.0 Å². The Balaban J connectivity index is 1.43. The first kappa shape index (κ1) is 19.6. The van der Waals surface area contributed by atoms with Crippen LogP contribution < -0.4 is 16.4 Å². The van der Waals surface area contributed by atoms with Crippen molar-refractivity contribution in [3.63, 3.8) is 0 Å². The predicted octanol–water partition coefficient (Wildman–Crippen LogP) is 0.294. The van der Waals surface area contributed by atoms with E-state index in [-0.39, 0.29) is 25.2 Å². The van der Waals surface area contributed by atoms with Crippen LogP contribution >= 0.6 is 0 Å². The van der Waals surface area contributed by atoms with E-state index in [9.17, 15) is 4.79 Å². The molecule has 1 aliphatic rings. The maximum atomic E-state index is 12.0. The van der Waals surface area contributed by atoms with Gasteiger partial charge < -0.3 is 26.4 Å². The smallest absolute Gasteiger partial charge is 0.315 e. The van der Waals surface area contributed by atoms with Gasteiger partial charge in [0.2, 0.25) is 0 Å². The summed E-state index contributed by atoms with van der Waals surface area (Å²) in [5, 5.41) is 30.8. The number of amidine groups is 1. The number of nitrogens with two attached hydrogens (primary N) is 1. The van der Waals surface area contributed by atoms with E-state index in [2.05, 4.69) is 20.9 Å². The number of amides is 2. The van der Waals surface area contributed by atoms with Crippen molar-refractivity contribution in [1.82, 2.24) is 30.5 Å². The lowest BCUT2D eigenvalue weighted by atomic mass is 10.2. The maximum Gasteiger partial charge on any atom is 0.315 e. The summed E-state index contributed by atoms with van der Waals surface area (Å²) in [6.07, 6.45) is 3.64. The largest absolute Gasteiger partial charge is 0.399 e. The molecule has 0 bridgehead atoms. The van der Waals surface area contributed by atoms with E-state index in [1.165, 1.54) is 0 Å². The van der Waals surface area contributed by atoms with Gasteiger partial charge in [-0.1, -0.05) is 17.3 Å². The van der Waals surface area contributed by atoms with E-state index in [0.717, 1.165) is 24.9 Å². The molecule has 1 saturated heterocycles.